The molecule has 3 aliphatic heterocycles. The van der Waals surface area contributed by atoms with E-state index in [9.17, 15) is 12.8 Å². The van der Waals surface area contributed by atoms with Gasteiger partial charge in [-0.25, -0.2) is 22.8 Å². The van der Waals surface area contributed by atoms with Crippen molar-refractivity contribution < 1.29 is 12.8 Å². The first-order valence-electron chi connectivity index (χ1n) is 14.3. The standard InChI is InChI=1S/C30H33FN6O2S2/c31-24-8-6-22(7-9-24)10-13-36-21-32-17-28(36)27-5-1-3-23-19-37(14-11-26(23)27)41(38,39)29-18-33-30(40-29)35-16-15-34-12-2-4-25(34)20-35/h1,3,5-9,17-18,21,25H,2,4,10-16,19-20H2. The Balaban J connectivity index is 1.07. The Morgan fingerprint density at radius 3 is 2.78 bits per heavy atom. The number of aryl methyl sites for hydroxylation is 2. The summed E-state index contributed by atoms with van der Waals surface area (Å²) in [6, 6.07) is 13.3. The van der Waals surface area contributed by atoms with Gasteiger partial charge in [0.05, 0.1) is 24.4 Å². The molecule has 2 aromatic heterocycles. The molecule has 11 heteroatoms. The summed E-state index contributed by atoms with van der Waals surface area (Å²) < 4.78 is 44.8. The third-order valence-corrected chi connectivity index (χ3v) is 12.0. The Bertz CT molecular complexity index is 1650. The fourth-order valence-corrected chi connectivity index (χ4v) is 9.19. The number of hydrogen-bond acceptors (Lipinski definition) is 7. The van der Waals surface area contributed by atoms with E-state index in [0.717, 1.165) is 53.6 Å². The van der Waals surface area contributed by atoms with Gasteiger partial charge in [0.15, 0.2) is 9.34 Å². The zero-order chi connectivity index (χ0) is 28.0. The van der Waals surface area contributed by atoms with Crippen LogP contribution in [0.5, 0.6) is 0 Å². The molecule has 2 fully saturated rings. The van der Waals surface area contributed by atoms with Crippen LogP contribution in [0, 0.1) is 5.82 Å². The van der Waals surface area contributed by atoms with Crippen molar-refractivity contribution >= 4 is 26.5 Å². The molecule has 4 aromatic rings. The molecule has 5 heterocycles. The predicted molar refractivity (Wildman–Crippen MR) is 158 cm³/mol. The lowest BCUT2D eigenvalue weighted by Gasteiger charge is -2.37. The van der Waals surface area contributed by atoms with Crippen LogP contribution in [0.15, 0.2) is 65.4 Å². The average molecular weight is 593 g/mol. The molecule has 41 heavy (non-hydrogen) atoms. The number of fused-ring (bicyclic) bond motifs is 2. The number of thiazole rings is 1. The maximum Gasteiger partial charge on any atom is 0.254 e. The van der Waals surface area contributed by atoms with Crippen molar-refractivity contribution in [3.63, 3.8) is 0 Å². The third-order valence-electron chi connectivity index (χ3n) is 8.70. The lowest BCUT2D eigenvalue weighted by atomic mass is 9.94. The van der Waals surface area contributed by atoms with Crippen LogP contribution in [0.4, 0.5) is 9.52 Å². The van der Waals surface area contributed by atoms with Gasteiger partial charge in [0.1, 0.15) is 5.82 Å². The van der Waals surface area contributed by atoms with Gasteiger partial charge < -0.3 is 9.47 Å². The minimum Gasteiger partial charge on any atom is -0.345 e. The summed E-state index contributed by atoms with van der Waals surface area (Å²) in [5.41, 5.74) is 5.35. The van der Waals surface area contributed by atoms with Crippen molar-refractivity contribution in [1.82, 2.24) is 23.7 Å². The highest BCUT2D eigenvalue weighted by molar-refractivity contribution is 7.91. The SMILES string of the molecule is O=S(=O)(c1cnc(N2CCN3CCCC3C2)s1)N1CCc2c(cccc2-c2cncn2CCc2ccc(F)cc2)C1. The number of nitrogens with zero attached hydrogens (tertiary/aromatic N) is 6. The maximum atomic E-state index is 13.7. The van der Waals surface area contributed by atoms with Gasteiger partial charge in [-0.05, 0) is 61.1 Å². The number of halogens is 1. The predicted octanol–water partition coefficient (Wildman–Crippen LogP) is 4.42. The first kappa shape index (κ1) is 26.8. The molecule has 1 unspecified atom stereocenters. The molecule has 8 nitrogen and oxygen atoms in total. The monoisotopic (exact) mass is 592 g/mol. The zero-order valence-electron chi connectivity index (χ0n) is 22.8. The fraction of sp³-hybridized carbons (Fsp3) is 0.400. The lowest BCUT2D eigenvalue weighted by Crippen LogP contribution is -2.50. The minimum absolute atomic E-state index is 0.234. The molecular weight excluding hydrogens is 560 g/mol. The van der Waals surface area contributed by atoms with E-state index >= 15 is 0 Å². The molecule has 0 N–H and O–H groups in total. The molecule has 7 rings (SSSR count). The fourth-order valence-electron chi connectivity index (χ4n) is 6.46. The van der Waals surface area contributed by atoms with Gasteiger partial charge in [-0.1, -0.05) is 41.7 Å². The molecule has 0 spiro atoms. The normalized spacial score (nSPS) is 19.8. The van der Waals surface area contributed by atoms with Gasteiger partial charge >= 0.3 is 0 Å². The third kappa shape index (κ3) is 5.20. The van der Waals surface area contributed by atoms with E-state index in [1.54, 1.807) is 10.5 Å². The molecule has 0 bridgehead atoms. The number of aromatic nitrogens is 3. The highest BCUT2D eigenvalue weighted by atomic mass is 32.2. The Morgan fingerprint density at radius 1 is 1.02 bits per heavy atom. The van der Waals surface area contributed by atoms with E-state index < -0.39 is 10.0 Å². The second kappa shape index (κ2) is 10.9. The largest absolute Gasteiger partial charge is 0.345 e. The quantitative estimate of drug-likeness (QED) is 0.316. The lowest BCUT2D eigenvalue weighted by molar-refractivity contribution is 0.231. The van der Waals surface area contributed by atoms with E-state index in [4.69, 9.17) is 0 Å². The Hall–Kier alpha value is -3.12. The summed E-state index contributed by atoms with van der Waals surface area (Å²) in [5.74, 6) is -0.234. The molecular formula is C30H33FN6O2S2. The zero-order valence-corrected chi connectivity index (χ0v) is 24.5. The van der Waals surface area contributed by atoms with Crippen molar-refractivity contribution in [3.05, 3.63) is 83.7 Å². The van der Waals surface area contributed by atoms with Crippen molar-refractivity contribution in [2.45, 2.75) is 49.0 Å². The van der Waals surface area contributed by atoms with Gasteiger partial charge in [0.25, 0.3) is 10.0 Å². The van der Waals surface area contributed by atoms with E-state index in [0.29, 0.717) is 36.3 Å². The molecule has 2 saturated heterocycles. The highest BCUT2D eigenvalue weighted by Crippen LogP contribution is 2.35. The summed E-state index contributed by atoms with van der Waals surface area (Å²) in [4.78, 5) is 13.8. The van der Waals surface area contributed by atoms with E-state index in [2.05, 4.69) is 30.4 Å². The maximum absolute atomic E-state index is 13.7. The average Bonchev–Trinajstić information content (AvgIpc) is 3.77. The Morgan fingerprint density at radius 2 is 1.90 bits per heavy atom. The van der Waals surface area contributed by atoms with Crippen LogP contribution in [-0.2, 0) is 36.0 Å². The van der Waals surface area contributed by atoms with Crippen LogP contribution in [0.2, 0.25) is 0 Å². The van der Waals surface area contributed by atoms with E-state index in [1.807, 2.05) is 36.8 Å². The van der Waals surface area contributed by atoms with E-state index in [1.165, 1.54) is 48.4 Å². The molecule has 1 atom stereocenters. The number of anilines is 1. The second-order valence-corrected chi connectivity index (χ2v) is 14.3. The van der Waals surface area contributed by atoms with Gasteiger partial charge in [-0.15, -0.1) is 0 Å². The summed E-state index contributed by atoms with van der Waals surface area (Å²) in [7, 11) is -3.65. The minimum atomic E-state index is -3.65. The first-order valence-corrected chi connectivity index (χ1v) is 16.5. The van der Waals surface area contributed by atoms with Crippen molar-refractivity contribution in [3.8, 4) is 11.3 Å². The second-order valence-electron chi connectivity index (χ2n) is 11.1. The van der Waals surface area contributed by atoms with Crippen LogP contribution in [0.3, 0.4) is 0 Å². The van der Waals surface area contributed by atoms with Crippen LogP contribution in [-0.4, -0.2) is 70.9 Å². The Kier molecular flexibility index (Phi) is 7.14. The number of piperazine rings is 1. The van der Waals surface area contributed by atoms with Crippen molar-refractivity contribution in [2.75, 3.05) is 37.6 Å². The highest BCUT2D eigenvalue weighted by Gasteiger charge is 2.34. The smallest absolute Gasteiger partial charge is 0.254 e. The number of rotatable bonds is 7. The molecule has 214 valence electrons. The summed E-state index contributed by atoms with van der Waals surface area (Å²) in [5, 5.41) is 0.809. The van der Waals surface area contributed by atoms with Gasteiger partial charge in [0.2, 0.25) is 0 Å². The number of sulfonamides is 1. The summed E-state index contributed by atoms with van der Waals surface area (Å²) in [6.45, 7) is 5.48. The molecule has 0 radical (unpaired) electrons. The molecule has 2 aromatic carbocycles. The molecule has 0 aliphatic carbocycles. The van der Waals surface area contributed by atoms with Crippen molar-refractivity contribution in [1.29, 1.82) is 0 Å². The van der Waals surface area contributed by atoms with Gasteiger partial charge in [0, 0.05) is 50.9 Å². The number of hydrogen-bond donors (Lipinski definition) is 0. The van der Waals surface area contributed by atoms with Gasteiger partial charge in [-0.3, -0.25) is 4.90 Å². The summed E-state index contributed by atoms with van der Waals surface area (Å²) >= 11 is 1.30. The van der Waals surface area contributed by atoms with Crippen LogP contribution < -0.4 is 4.90 Å². The Labute approximate surface area is 244 Å². The van der Waals surface area contributed by atoms with Crippen LogP contribution in [0.25, 0.3) is 11.3 Å². The topological polar surface area (TPSA) is 74.6 Å². The molecule has 0 saturated carbocycles. The van der Waals surface area contributed by atoms with E-state index in [-0.39, 0.29) is 5.82 Å². The van der Waals surface area contributed by atoms with Gasteiger partial charge in [-0.2, -0.15) is 4.31 Å². The van der Waals surface area contributed by atoms with Crippen LogP contribution >= 0.6 is 11.3 Å². The molecule has 3 aliphatic rings. The number of benzene rings is 2. The van der Waals surface area contributed by atoms with Crippen molar-refractivity contribution in [2.24, 2.45) is 0 Å². The molecule has 0 amide bonds. The van der Waals surface area contributed by atoms with Crippen LogP contribution in [0.1, 0.15) is 29.5 Å². The first-order chi connectivity index (χ1) is 20.0. The number of imidazole rings is 1. The summed E-state index contributed by atoms with van der Waals surface area (Å²) in [6.07, 6.45) is 9.08.